The van der Waals surface area contributed by atoms with Crippen LogP contribution in [0.15, 0.2) is 18.2 Å². The molecule has 0 unspecified atom stereocenters. The van der Waals surface area contributed by atoms with E-state index < -0.39 is 0 Å². The number of ether oxygens (including phenoxy) is 2. The highest BCUT2D eigenvalue weighted by Gasteiger charge is 2.20. The van der Waals surface area contributed by atoms with Crippen molar-refractivity contribution >= 4 is 28.7 Å². The van der Waals surface area contributed by atoms with E-state index in [0.717, 1.165) is 42.9 Å². The number of aryl methyl sites for hydroxylation is 1. The van der Waals surface area contributed by atoms with Gasteiger partial charge in [0.05, 0.1) is 30.8 Å². The second-order valence-electron chi connectivity index (χ2n) is 6.60. The number of hydrogen-bond acceptors (Lipinski definition) is 7. The fourth-order valence-corrected chi connectivity index (χ4v) is 3.50. The van der Waals surface area contributed by atoms with Crippen molar-refractivity contribution < 1.29 is 19.1 Å². The number of carbonyl (C=O) groups excluding carboxylic acids is 2. The van der Waals surface area contributed by atoms with Gasteiger partial charge in [-0.3, -0.25) is 9.59 Å². The van der Waals surface area contributed by atoms with Crippen molar-refractivity contribution in [2.75, 3.05) is 44.3 Å². The first-order valence-electron chi connectivity index (χ1n) is 9.89. The van der Waals surface area contributed by atoms with Gasteiger partial charge < -0.3 is 24.3 Å². The van der Waals surface area contributed by atoms with E-state index in [-0.39, 0.29) is 24.8 Å². The number of imidazole rings is 1. The topological polar surface area (TPSA) is 85.7 Å². The van der Waals surface area contributed by atoms with Crippen molar-refractivity contribution in [1.29, 1.82) is 0 Å². The first-order chi connectivity index (χ1) is 13.6. The van der Waals surface area contributed by atoms with Crippen molar-refractivity contribution in [3.8, 4) is 0 Å². The third-order valence-corrected chi connectivity index (χ3v) is 4.75. The summed E-state index contributed by atoms with van der Waals surface area (Å²) in [4.78, 5) is 31.0. The monoisotopic (exact) mass is 388 g/mol. The molecule has 152 valence electrons. The molecule has 0 amide bonds. The van der Waals surface area contributed by atoms with Crippen molar-refractivity contribution in [1.82, 2.24) is 14.9 Å². The maximum absolute atomic E-state index is 12.1. The van der Waals surface area contributed by atoms with Crippen molar-refractivity contribution in [2.24, 2.45) is 0 Å². The Kier molecular flexibility index (Phi) is 6.86. The fraction of sp³-hybridized carbons (Fsp3) is 0.550. The molecule has 2 aromatic rings. The minimum Gasteiger partial charge on any atom is -0.466 e. The van der Waals surface area contributed by atoms with Crippen LogP contribution >= 0.6 is 0 Å². The molecule has 0 saturated carbocycles. The van der Waals surface area contributed by atoms with Gasteiger partial charge in [0.1, 0.15) is 17.8 Å². The predicted octanol–water partition coefficient (Wildman–Crippen LogP) is 1.50. The number of nitrogens with one attached hydrogen (secondary N) is 1. The van der Waals surface area contributed by atoms with E-state index >= 15 is 0 Å². The number of nitrogens with zero attached hydrogens (tertiary/aromatic N) is 3. The molecule has 2 heterocycles. The smallest absolute Gasteiger partial charge is 0.313 e. The molecule has 0 atom stereocenters. The summed E-state index contributed by atoms with van der Waals surface area (Å²) in [6, 6.07) is 6.04. The zero-order valence-electron chi connectivity index (χ0n) is 16.6. The van der Waals surface area contributed by atoms with Crippen LogP contribution in [-0.2, 0) is 32.0 Å². The minimum atomic E-state index is -0.320. The van der Waals surface area contributed by atoms with E-state index in [1.54, 1.807) is 13.8 Å². The summed E-state index contributed by atoms with van der Waals surface area (Å²) in [5.41, 5.74) is 2.83. The van der Waals surface area contributed by atoms with E-state index in [1.165, 1.54) is 0 Å². The maximum Gasteiger partial charge on any atom is 0.313 e. The number of aromatic nitrogens is 2. The lowest BCUT2D eigenvalue weighted by molar-refractivity contribution is -0.143. The van der Waals surface area contributed by atoms with E-state index in [4.69, 9.17) is 14.5 Å². The summed E-state index contributed by atoms with van der Waals surface area (Å²) in [6.07, 6.45) is 0.305. The molecule has 0 bridgehead atoms. The summed E-state index contributed by atoms with van der Waals surface area (Å²) in [6.45, 7) is 8.32. The molecule has 1 aliphatic rings. The van der Waals surface area contributed by atoms with Gasteiger partial charge in [0.25, 0.3) is 0 Å². The lowest BCUT2D eigenvalue weighted by Crippen LogP contribution is -2.43. The van der Waals surface area contributed by atoms with Crippen molar-refractivity contribution in [3.63, 3.8) is 0 Å². The Labute approximate surface area is 164 Å². The van der Waals surface area contributed by atoms with Crippen LogP contribution < -0.4 is 10.2 Å². The Morgan fingerprint density at radius 1 is 1.11 bits per heavy atom. The second-order valence-corrected chi connectivity index (χ2v) is 6.60. The Hall–Kier alpha value is -2.61. The molecule has 0 aliphatic carbocycles. The molecule has 8 nitrogen and oxygen atoms in total. The van der Waals surface area contributed by atoms with Gasteiger partial charge in [0.15, 0.2) is 0 Å². The molecule has 1 N–H and O–H groups in total. The molecule has 1 aromatic carbocycles. The highest BCUT2D eigenvalue weighted by Crippen LogP contribution is 2.28. The van der Waals surface area contributed by atoms with Crippen LogP contribution in [0.25, 0.3) is 11.0 Å². The SMILES string of the molecule is CCOC(=O)CCn1c(CC(=O)OCC)nc2c(N3CCNCC3)cccc21. The molecule has 1 saturated heterocycles. The molecule has 1 fully saturated rings. The largest absolute Gasteiger partial charge is 0.466 e. The summed E-state index contributed by atoms with van der Waals surface area (Å²) < 4.78 is 12.1. The number of esters is 2. The van der Waals surface area contributed by atoms with Gasteiger partial charge in [-0.25, -0.2) is 4.98 Å². The van der Waals surface area contributed by atoms with Gasteiger partial charge in [-0.1, -0.05) is 6.07 Å². The molecular formula is C20H28N4O4. The summed E-state index contributed by atoms with van der Waals surface area (Å²) in [5, 5.41) is 3.35. The van der Waals surface area contributed by atoms with E-state index in [1.807, 2.05) is 16.7 Å². The van der Waals surface area contributed by atoms with E-state index in [2.05, 4.69) is 16.3 Å². The summed E-state index contributed by atoms with van der Waals surface area (Å²) >= 11 is 0. The molecule has 0 radical (unpaired) electrons. The Bertz CT molecular complexity index is 827. The second kappa shape index (κ2) is 9.54. The average Bonchev–Trinajstić information content (AvgIpc) is 3.04. The Morgan fingerprint density at radius 3 is 2.54 bits per heavy atom. The molecule has 1 aromatic heterocycles. The average molecular weight is 388 g/mol. The van der Waals surface area contributed by atoms with Crippen LogP contribution in [0.2, 0.25) is 0 Å². The van der Waals surface area contributed by atoms with Crippen molar-refractivity contribution in [3.05, 3.63) is 24.0 Å². The molecule has 0 spiro atoms. The number of fused-ring (bicyclic) bond motifs is 1. The van der Waals surface area contributed by atoms with Gasteiger partial charge in [0.2, 0.25) is 0 Å². The van der Waals surface area contributed by atoms with Crippen LogP contribution in [0.3, 0.4) is 0 Å². The van der Waals surface area contributed by atoms with Gasteiger partial charge >= 0.3 is 11.9 Å². The van der Waals surface area contributed by atoms with E-state index in [9.17, 15) is 9.59 Å². The number of piperazine rings is 1. The molecule has 28 heavy (non-hydrogen) atoms. The van der Waals surface area contributed by atoms with Crippen LogP contribution in [0.5, 0.6) is 0 Å². The molecule has 3 rings (SSSR count). The van der Waals surface area contributed by atoms with Gasteiger partial charge in [-0.05, 0) is 26.0 Å². The van der Waals surface area contributed by atoms with Crippen LogP contribution in [0.1, 0.15) is 26.1 Å². The predicted molar refractivity (Wildman–Crippen MR) is 106 cm³/mol. The lowest BCUT2D eigenvalue weighted by Gasteiger charge is -2.29. The first kappa shape index (κ1) is 20.1. The number of carbonyl (C=O) groups is 2. The third-order valence-electron chi connectivity index (χ3n) is 4.75. The van der Waals surface area contributed by atoms with Gasteiger partial charge in [-0.2, -0.15) is 0 Å². The number of anilines is 1. The number of para-hydroxylation sites is 1. The third kappa shape index (κ3) is 4.62. The highest BCUT2D eigenvalue weighted by atomic mass is 16.5. The zero-order valence-corrected chi connectivity index (χ0v) is 16.6. The highest BCUT2D eigenvalue weighted by molar-refractivity contribution is 5.90. The standard InChI is InChI=1S/C20H28N4O4/c1-3-27-18(25)8-11-24-16-7-5-6-15(23-12-9-21-10-13-23)20(16)22-17(24)14-19(26)28-4-2/h5-7,21H,3-4,8-14H2,1-2H3. The number of rotatable bonds is 8. The lowest BCUT2D eigenvalue weighted by atomic mass is 10.2. The number of hydrogen-bond donors (Lipinski definition) is 1. The fourth-order valence-electron chi connectivity index (χ4n) is 3.50. The minimum absolute atomic E-state index is 0.0757. The number of benzene rings is 1. The van der Waals surface area contributed by atoms with Crippen LogP contribution in [-0.4, -0.2) is 60.9 Å². The molecule has 1 aliphatic heterocycles. The summed E-state index contributed by atoms with van der Waals surface area (Å²) in [7, 11) is 0. The van der Waals surface area contributed by atoms with Gasteiger partial charge in [-0.15, -0.1) is 0 Å². The summed E-state index contributed by atoms with van der Waals surface area (Å²) in [5.74, 6) is 0.0314. The normalized spacial score (nSPS) is 14.3. The molecular weight excluding hydrogens is 360 g/mol. The quantitative estimate of drug-likeness (QED) is 0.686. The van der Waals surface area contributed by atoms with Crippen molar-refractivity contribution in [2.45, 2.75) is 33.2 Å². The van der Waals surface area contributed by atoms with Crippen LogP contribution in [0, 0.1) is 0 Å². The van der Waals surface area contributed by atoms with Crippen LogP contribution in [0.4, 0.5) is 5.69 Å². The first-order valence-corrected chi connectivity index (χ1v) is 9.89. The maximum atomic E-state index is 12.1. The molecule has 8 heteroatoms. The van der Waals surface area contributed by atoms with Gasteiger partial charge in [0, 0.05) is 32.7 Å². The zero-order chi connectivity index (χ0) is 19.9. The Morgan fingerprint density at radius 2 is 1.82 bits per heavy atom. The van der Waals surface area contributed by atoms with E-state index in [0.29, 0.717) is 25.6 Å². The Balaban J connectivity index is 1.95.